The number of para-hydroxylation sites is 3. The molecule has 0 radical (unpaired) electrons. The molecule has 0 bridgehead atoms. The molecular weight excluding hydrogens is 1610 g/mol. The van der Waals surface area contributed by atoms with Gasteiger partial charge in [0.05, 0.1) is 33.2 Å². The number of hydrogen-bond donors (Lipinski definition) is 0. The molecule has 6 nitrogen and oxygen atoms in total. The Balaban J connectivity index is 0.840. The molecule has 0 fully saturated rings. The van der Waals surface area contributed by atoms with E-state index >= 15 is 0 Å². The van der Waals surface area contributed by atoms with Crippen LogP contribution < -0.4 is 26.2 Å². The molecule has 7 heteroatoms. The van der Waals surface area contributed by atoms with Crippen LogP contribution in [0.2, 0.25) is 0 Å². The van der Waals surface area contributed by atoms with Gasteiger partial charge in [-0.2, -0.15) is 0 Å². The summed E-state index contributed by atoms with van der Waals surface area (Å²) in [6, 6.07) is 175. The molecule has 133 heavy (non-hydrogen) atoms. The van der Waals surface area contributed by atoms with Crippen LogP contribution in [0, 0.1) is 0 Å². The molecule has 0 unspecified atom stereocenters. The molecule has 618 valence electrons. The van der Waals surface area contributed by atoms with E-state index in [0.717, 1.165) is 266 Å². The highest BCUT2D eigenvalue weighted by atomic mass is 16.3. The zero-order chi connectivity index (χ0) is 87.3. The van der Waals surface area contributed by atoms with Crippen molar-refractivity contribution in [2.75, 3.05) is 9.80 Å². The lowest BCUT2D eigenvalue weighted by Crippen LogP contribution is -2.61. The van der Waals surface area contributed by atoms with Gasteiger partial charge in [-0.25, -0.2) is 0 Å². The highest BCUT2D eigenvalue weighted by Gasteiger charge is 2.47. The van der Waals surface area contributed by atoms with Crippen molar-refractivity contribution in [2.45, 2.75) is 0 Å². The maximum absolute atomic E-state index is 7.69. The Labute approximate surface area is 768 Å². The van der Waals surface area contributed by atoms with Crippen molar-refractivity contribution in [3.8, 4) is 128 Å². The van der Waals surface area contributed by atoms with E-state index in [1.165, 1.54) is 0 Å². The normalized spacial score (nSPS) is 12.3. The van der Waals surface area contributed by atoms with Gasteiger partial charge in [0.15, 0.2) is 0 Å². The summed E-state index contributed by atoms with van der Waals surface area (Å²) >= 11 is 0. The number of aromatic nitrogens is 1. The van der Waals surface area contributed by atoms with Crippen LogP contribution in [0.1, 0.15) is 0 Å². The van der Waals surface area contributed by atoms with Crippen molar-refractivity contribution in [1.82, 2.24) is 4.57 Å². The first-order valence-electron chi connectivity index (χ1n) is 45.7. The lowest BCUT2D eigenvalue weighted by atomic mass is 9.33. The Morgan fingerprint density at radius 2 is 0.541 bits per heavy atom. The van der Waals surface area contributed by atoms with Crippen LogP contribution in [0.5, 0.6) is 0 Å². The van der Waals surface area contributed by atoms with Gasteiger partial charge in [-0.05, 0) is 226 Å². The van der Waals surface area contributed by atoms with Crippen molar-refractivity contribution >= 4 is 145 Å². The van der Waals surface area contributed by atoms with E-state index in [1.807, 2.05) is 0 Å². The van der Waals surface area contributed by atoms with E-state index in [2.05, 4.69) is 488 Å². The van der Waals surface area contributed by atoms with E-state index in [-0.39, 0.29) is 0 Å². The second-order valence-electron chi connectivity index (χ2n) is 35.2. The monoisotopic (exact) mass is 1690 g/mol. The SMILES string of the molecule is c1ccc(-c2cccc(-c3cc(-c4ccccc4)c4oc5ccccc5c4c3N3c4ccc(-c5ccccc5-c5ccccc5)cc4B4c5ccc(-n6c7ccc(-c8ccccc8)cc7c7cc(-c8ccccc8)ccc76)cc5N(c5c(-c6cccc(-c7ccccc7)c6)cc(-c6ccccc6)c6oc7ccccc7c56)c5cc(-c6ccc7oc8ccccc8c7c6)cc3c54)c2)cc1. The maximum Gasteiger partial charge on any atom is 0.252 e. The molecule has 27 rings (SSSR count). The third kappa shape index (κ3) is 12.3. The van der Waals surface area contributed by atoms with Gasteiger partial charge in [0.1, 0.15) is 33.5 Å². The molecule has 6 heterocycles. The summed E-state index contributed by atoms with van der Waals surface area (Å²) < 4.78 is 24.7. The first-order valence-corrected chi connectivity index (χ1v) is 45.7. The summed E-state index contributed by atoms with van der Waals surface area (Å²) in [4.78, 5) is 5.37. The van der Waals surface area contributed by atoms with Crippen LogP contribution in [-0.4, -0.2) is 11.3 Å². The zero-order valence-electron chi connectivity index (χ0n) is 72.2. The number of rotatable bonds is 14. The molecule has 25 aromatic rings. The van der Waals surface area contributed by atoms with Crippen LogP contribution >= 0.6 is 0 Å². The van der Waals surface area contributed by atoms with Gasteiger partial charge in [-0.1, -0.05) is 364 Å². The Morgan fingerprint density at radius 3 is 1.04 bits per heavy atom. The van der Waals surface area contributed by atoms with Crippen molar-refractivity contribution in [3.63, 3.8) is 0 Å². The highest BCUT2D eigenvalue weighted by Crippen LogP contribution is 2.59. The predicted octanol–water partition coefficient (Wildman–Crippen LogP) is 32.9. The number of hydrogen-bond acceptors (Lipinski definition) is 5. The number of anilines is 6. The van der Waals surface area contributed by atoms with Gasteiger partial charge in [-0.15, -0.1) is 0 Å². The van der Waals surface area contributed by atoms with Crippen molar-refractivity contribution in [3.05, 3.63) is 473 Å². The molecule has 0 N–H and O–H groups in total. The molecular formula is C126H78BN3O3. The fourth-order valence-corrected chi connectivity index (χ4v) is 21.7. The van der Waals surface area contributed by atoms with Crippen LogP contribution in [-0.2, 0) is 0 Å². The zero-order valence-corrected chi connectivity index (χ0v) is 72.2. The first-order chi connectivity index (χ1) is 66.0. The average Bonchev–Trinajstić information content (AvgIpc) is 1.62. The summed E-state index contributed by atoms with van der Waals surface area (Å²) in [5, 5.41) is 8.34. The number of nitrogens with zero attached hydrogens (tertiary/aromatic N) is 3. The fraction of sp³-hybridized carbons (Fsp3) is 0. The number of furan rings is 3. The summed E-state index contributed by atoms with van der Waals surface area (Å²) in [6.07, 6.45) is 0. The fourth-order valence-electron chi connectivity index (χ4n) is 21.7. The van der Waals surface area contributed by atoms with Gasteiger partial charge in [0.2, 0.25) is 0 Å². The Morgan fingerprint density at radius 1 is 0.180 bits per heavy atom. The first kappa shape index (κ1) is 75.6. The second kappa shape index (κ2) is 30.6. The predicted molar refractivity (Wildman–Crippen MR) is 556 cm³/mol. The summed E-state index contributed by atoms with van der Waals surface area (Å²) in [5.74, 6) is 0. The summed E-state index contributed by atoms with van der Waals surface area (Å²) in [5.41, 5.74) is 41.1. The highest BCUT2D eigenvalue weighted by molar-refractivity contribution is 7.00. The molecule has 0 saturated carbocycles. The van der Waals surface area contributed by atoms with Crippen molar-refractivity contribution in [1.29, 1.82) is 0 Å². The van der Waals surface area contributed by atoms with Gasteiger partial charge >= 0.3 is 0 Å². The minimum Gasteiger partial charge on any atom is -0.456 e. The lowest BCUT2D eigenvalue weighted by molar-refractivity contribution is 0.669. The standard InChI is InChI=1S/C126H78BN3O3/c1-8-32-79(33-9-1)86-46-30-48-91(68-86)101-77-103(84-42-18-6-19-43-84)125-120(99-53-25-28-56-117(99)132-125)123(101)129-112-66-60-93(97-51-23-22-50-96(97)83-40-16-5-17-41-83)73-109(112)127-108-63-62-95(128-110-64-58-88(81-36-12-3-13-37-81)70-105(110)106-71-89(59-65-111(106)128)82-38-14-4-15-39-82)76-113(108)130(115-75-94(74-114(129)122(115)127)90-61-67-119-107(72-90)98-52-24-27-55-116(98)131-119)124-102(92-49-31-47-87(69-92)80-34-10-2-11-35-80)78-104(85-44-20-7-21-45-85)126-121(124)100-54-26-29-57-118(100)133-126/h1-78H. The topological polar surface area (TPSA) is 50.8 Å². The maximum atomic E-state index is 7.69. The van der Waals surface area contributed by atoms with Crippen molar-refractivity contribution < 1.29 is 13.3 Å². The quantitative estimate of drug-likeness (QED) is 0.102. The van der Waals surface area contributed by atoms with E-state index in [9.17, 15) is 0 Å². The summed E-state index contributed by atoms with van der Waals surface area (Å²) in [6.45, 7) is -0.454. The minimum atomic E-state index is -0.454. The molecule has 21 aromatic carbocycles. The molecule has 2 aliphatic rings. The van der Waals surface area contributed by atoms with Crippen LogP contribution in [0.15, 0.2) is 486 Å². The van der Waals surface area contributed by atoms with Gasteiger partial charge in [-0.3, -0.25) is 0 Å². The number of benzene rings is 21. The van der Waals surface area contributed by atoms with Gasteiger partial charge < -0.3 is 27.6 Å². The Hall–Kier alpha value is -17.5. The molecule has 0 amide bonds. The van der Waals surface area contributed by atoms with E-state index in [1.54, 1.807) is 0 Å². The van der Waals surface area contributed by atoms with Crippen LogP contribution in [0.4, 0.5) is 34.1 Å². The third-order valence-corrected chi connectivity index (χ3v) is 27.7. The van der Waals surface area contributed by atoms with Gasteiger partial charge in [0, 0.05) is 83.0 Å². The van der Waals surface area contributed by atoms with Crippen LogP contribution in [0.25, 0.3) is 216 Å². The molecule has 2 aliphatic heterocycles. The molecule has 0 spiro atoms. The minimum absolute atomic E-state index is 0.454. The lowest BCUT2D eigenvalue weighted by Gasteiger charge is -2.45. The third-order valence-electron chi connectivity index (χ3n) is 27.7. The van der Waals surface area contributed by atoms with E-state index in [0.29, 0.717) is 0 Å². The molecule has 0 aliphatic carbocycles. The molecule has 0 saturated heterocycles. The number of fused-ring (bicyclic) bond motifs is 16. The van der Waals surface area contributed by atoms with Crippen LogP contribution in [0.3, 0.4) is 0 Å². The van der Waals surface area contributed by atoms with E-state index in [4.69, 9.17) is 13.3 Å². The van der Waals surface area contributed by atoms with Crippen molar-refractivity contribution in [2.24, 2.45) is 0 Å². The summed E-state index contributed by atoms with van der Waals surface area (Å²) in [7, 11) is 0. The Bertz CT molecular complexity index is 8910. The smallest absolute Gasteiger partial charge is 0.252 e. The second-order valence-corrected chi connectivity index (χ2v) is 35.2. The molecule has 0 atom stereocenters. The Kier molecular flexibility index (Phi) is 17.4. The largest absolute Gasteiger partial charge is 0.456 e. The average molecular weight is 1690 g/mol. The molecule has 4 aromatic heterocycles. The van der Waals surface area contributed by atoms with E-state index < -0.39 is 6.71 Å². The van der Waals surface area contributed by atoms with Gasteiger partial charge in [0.25, 0.3) is 6.71 Å².